The summed E-state index contributed by atoms with van der Waals surface area (Å²) in [6.07, 6.45) is 6.16. The molecule has 0 radical (unpaired) electrons. The van der Waals surface area contributed by atoms with E-state index in [1.54, 1.807) is 0 Å². The second-order valence-electron chi connectivity index (χ2n) is 5.40. The number of carboxylic acids is 1. The van der Waals surface area contributed by atoms with Gasteiger partial charge in [-0.2, -0.15) is 0 Å². The first-order valence-electron chi connectivity index (χ1n) is 7.26. The van der Waals surface area contributed by atoms with Crippen LogP contribution in [-0.2, 0) is 17.8 Å². The van der Waals surface area contributed by atoms with Crippen molar-refractivity contribution in [3.63, 3.8) is 0 Å². The molecule has 1 saturated heterocycles. The molecule has 1 N–H and O–H groups in total. The first-order valence-corrected chi connectivity index (χ1v) is 7.26. The van der Waals surface area contributed by atoms with E-state index in [1.807, 2.05) is 12.1 Å². The maximum absolute atomic E-state index is 10.6. The SMILES string of the molecule is O=C(O)CCc1cccc(CN2CCCCCC2)c1. The van der Waals surface area contributed by atoms with E-state index in [1.165, 1.54) is 44.3 Å². The maximum Gasteiger partial charge on any atom is 0.303 e. The molecular formula is C16H23NO2. The van der Waals surface area contributed by atoms with E-state index in [9.17, 15) is 4.79 Å². The van der Waals surface area contributed by atoms with E-state index in [2.05, 4.69) is 17.0 Å². The molecule has 19 heavy (non-hydrogen) atoms. The van der Waals surface area contributed by atoms with Gasteiger partial charge in [-0.05, 0) is 43.5 Å². The number of carbonyl (C=O) groups is 1. The summed E-state index contributed by atoms with van der Waals surface area (Å²) in [4.78, 5) is 13.1. The summed E-state index contributed by atoms with van der Waals surface area (Å²) < 4.78 is 0. The monoisotopic (exact) mass is 261 g/mol. The van der Waals surface area contributed by atoms with Crippen LogP contribution in [0.5, 0.6) is 0 Å². The molecular weight excluding hydrogens is 238 g/mol. The van der Waals surface area contributed by atoms with Gasteiger partial charge in [-0.15, -0.1) is 0 Å². The van der Waals surface area contributed by atoms with Gasteiger partial charge in [-0.25, -0.2) is 0 Å². The Hall–Kier alpha value is -1.35. The Morgan fingerprint density at radius 2 is 1.79 bits per heavy atom. The fourth-order valence-corrected chi connectivity index (χ4v) is 2.69. The number of hydrogen-bond donors (Lipinski definition) is 1. The number of aliphatic carboxylic acids is 1. The Bertz CT molecular complexity index is 409. The van der Waals surface area contributed by atoms with Crippen LogP contribution in [0.25, 0.3) is 0 Å². The standard InChI is InChI=1S/C16H23NO2/c18-16(19)9-8-14-6-5-7-15(12-14)13-17-10-3-1-2-4-11-17/h5-7,12H,1-4,8-11,13H2,(H,18,19). The van der Waals surface area contributed by atoms with E-state index in [0.717, 1.165) is 12.1 Å². The highest BCUT2D eigenvalue weighted by atomic mass is 16.4. The van der Waals surface area contributed by atoms with E-state index >= 15 is 0 Å². The molecule has 1 aliphatic heterocycles. The Morgan fingerprint density at radius 3 is 2.47 bits per heavy atom. The molecule has 1 fully saturated rings. The van der Waals surface area contributed by atoms with Gasteiger partial charge in [0.05, 0.1) is 0 Å². The summed E-state index contributed by atoms with van der Waals surface area (Å²) in [5.41, 5.74) is 2.44. The third kappa shape index (κ3) is 5.03. The second kappa shape index (κ2) is 7.29. The summed E-state index contributed by atoms with van der Waals surface area (Å²) in [7, 11) is 0. The summed E-state index contributed by atoms with van der Waals surface area (Å²) in [6, 6.07) is 8.38. The van der Waals surface area contributed by atoms with Crippen molar-refractivity contribution in [2.24, 2.45) is 0 Å². The fraction of sp³-hybridized carbons (Fsp3) is 0.562. The lowest BCUT2D eigenvalue weighted by atomic mass is 10.1. The van der Waals surface area contributed by atoms with Crippen LogP contribution >= 0.6 is 0 Å². The summed E-state index contributed by atoms with van der Waals surface area (Å²) in [6.45, 7) is 3.39. The van der Waals surface area contributed by atoms with Crippen LogP contribution in [0.4, 0.5) is 0 Å². The molecule has 0 saturated carbocycles. The highest BCUT2D eigenvalue weighted by Gasteiger charge is 2.09. The average molecular weight is 261 g/mol. The number of nitrogens with zero attached hydrogens (tertiary/aromatic N) is 1. The van der Waals surface area contributed by atoms with Gasteiger partial charge < -0.3 is 5.11 Å². The van der Waals surface area contributed by atoms with Crippen molar-refractivity contribution in [3.05, 3.63) is 35.4 Å². The first-order chi connectivity index (χ1) is 9.24. The summed E-state index contributed by atoms with van der Waals surface area (Å²) >= 11 is 0. The fourth-order valence-electron chi connectivity index (χ4n) is 2.69. The Morgan fingerprint density at radius 1 is 1.11 bits per heavy atom. The number of carboxylic acid groups (broad SMARTS) is 1. The maximum atomic E-state index is 10.6. The van der Waals surface area contributed by atoms with Gasteiger partial charge in [0.25, 0.3) is 0 Å². The zero-order valence-corrected chi connectivity index (χ0v) is 11.5. The Kier molecular flexibility index (Phi) is 5.40. The zero-order chi connectivity index (χ0) is 13.5. The van der Waals surface area contributed by atoms with Crippen LogP contribution in [0.1, 0.15) is 43.2 Å². The van der Waals surface area contributed by atoms with E-state index in [0.29, 0.717) is 6.42 Å². The highest BCUT2D eigenvalue weighted by Crippen LogP contribution is 2.14. The van der Waals surface area contributed by atoms with Gasteiger partial charge in [-0.1, -0.05) is 37.1 Å². The van der Waals surface area contributed by atoms with E-state index < -0.39 is 5.97 Å². The van der Waals surface area contributed by atoms with Crippen molar-refractivity contribution in [2.75, 3.05) is 13.1 Å². The average Bonchev–Trinajstić information content (AvgIpc) is 2.65. The van der Waals surface area contributed by atoms with Crippen molar-refractivity contribution < 1.29 is 9.90 Å². The third-order valence-corrected chi connectivity index (χ3v) is 3.72. The molecule has 104 valence electrons. The van der Waals surface area contributed by atoms with Crippen molar-refractivity contribution in [3.8, 4) is 0 Å². The molecule has 1 aliphatic rings. The van der Waals surface area contributed by atoms with Gasteiger partial charge in [-0.3, -0.25) is 9.69 Å². The quantitative estimate of drug-likeness (QED) is 0.885. The van der Waals surface area contributed by atoms with Crippen molar-refractivity contribution in [2.45, 2.75) is 45.1 Å². The van der Waals surface area contributed by atoms with Crippen LogP contribution < -0.4 is 0 Å². The largest absolute Gasteiger partial charge is 0.481 e. The Labute approximate surface area is 115 Å². The van der Waals surface area contributed by atoms with Gasteiger partial charge >= 0.3 is 5.97 Å². The zero-order valence-electron chi connectivity index (χ0n) is 11.5. The number of hydrogen-bond acceptors (Lipinski definition) is 2. The molecule has 0 aliphatic carbocycles. The molecule has 3 heteroatoms. The number of benzene rings is 1. The molecule has 0 unspecified atom stereocenters. The van der Waals surface area contributed by atoms with Gasteiger partial charge in [0.2, 0.25) is 0 Å². The van der Waals surface area contributed by atoms with Gasteiger partial charge in [0.1, 0.15) is 0 Å². The van der Waals surface area contributed by atoms with Crippen molar-refractivity contribution in [1.29, 1.82) is 0 Å². The van der Waals surface area contributed by atoms with E-state index in [4.69, 9.17) is 5.11 Å². The number of likely N-dealkylation sites (tertiary alicyclic amines) is 1. The van der Waals surface area contributed by atoms with Crippen LogP contribution in [0.15, 0.2) is 24.3 Å². The predicted octanol–water partition coefficient (Wildman–Crippen LogP) is 3.08. The lowest BCUT2D eigenvalue weighted by molar-refractivity contribution is -0.136. The minimum atomic E-state index is -0.724. The number of rotatable bonds is 5. The smallest absolute Gasteiger partial charge is 0.303 e. The van der Waals surface area contributed by atoms with Crippen LogP contribution in [0.3, 0.4) is 0 Å². The number of aryl methyl sites for hydroxylation is 1. The van der Waals surface area contributed by atoms with Crippen LogP contribution in [0, 0.1) is 0 Å². The van der Waals surface area contributed by atoms with Gasteiger partial charge in [0.15, 0.2) is 0 Å². The molecule has 1 aromatic carbocycles. The van der Waals surface area contributed by atoms with Crippen LogP contribution in [-0.4, -0.2) is 29.1 Å². The molecule has 0 aromatic heterocycles. The second-order valence-corrected chi connectivity index (χ2v) is 5.40. The molecule has 3 nitrogen and oxygen atoms in total. The molecule has 0 spiro atoms. The highest BCUT2D eigenvalue weighted by molar-refractivity contribution is 5.67. The summed E-state index contributed by atoms with van der Waals surface area (Å²) in [5, 5.41) is 8.73. The Balaban J connectivity index is 1.91. The molecule has 2 rings (SSSR count). The van der Waals surface area contributed by atoms with Crippen molar-refractivity contribution in [1.82, 2.24) is 4.90 Å². The van der Waals surface area contributed by atoms with Crippen LogP contribution in [0.2, 0.25) is 0 Å². The normalized spacial score (nSPS) is 17.1. The van der Waals surface area contributed by atoms with E-state index in [-0.39, 0.29) is 6.42 Å². The lowest BCUT2D eigenvalue weighted by Crippen LogP contribution is -2.23. The predicted molar refractivity (Wildman–Crippen MR) is 76.1 cm³/mol. The molecule has 0 atom stereocenters. The molecule has 1 heterocycles. The topological polar surface area (TPSA) is 40.5 Å². The summed E-state index contributed by atoms with van der Waals surface area (Å²) in [5.74, 6) is -0.724. The van der Waals surface area contributed by atoms with Gasteiger partial charge in [0, 0.05) is 13.0 Å². The molecule has 0 amide bonds. The molecule has 1 aromatic rings. The van der Waals surface area contributed by atoms with Crippen molar-refractivity contribution >= 4 is 5.97 Å². The minimum Gasteiger partial charge on any atom is -0.481 e. The lowest BCUT2D eigenvalue weighted by Gasteiger charge is -2.20. The first kappa shape index (κ1) is 14.1. The third-order valence-electron chi connectivity index (χ3n) is 3.72. The molecule has 0 bridgehead atoms. The minimum absolute atomic E-state index is 0.215.